The van der Waals surface area contributed by atoms with Crippen molar-refractivity contribution >= 4 is 11.8 Å². The third kappa shape index (κ3) is 2.85. The Balaban J connectivity index is 2.02. The molecule has 18 heavy (non-hydrogen) atoms. The van der Waals surface area contributed by atoms with E-state index in [0.29, 0.717) is 24.9 Å². The van der Waals surface area contributed by atoms with Crippen LogP contribution in [0.25, 0.3) is 0 Å². The van der Waals surface area contributed by atoms with Crippen molar-refractivity contribution in [2.75, 3.05) is 6.54 Å². The van der Waals surface area contributed by atoms with Gasteiger partial charge in [-0.25, -0.2) is 14.3 Å². The van der Waals surface area contributed by atoms with Gasteiger partial charge in [0.15, 0.2) is 0 Å². The Kier molecular flexibility index (Phi) is 4.26. The van der Waals surface area contributed by atoms with Gasteiger partial charge in [0, 0.05) is 12.6 Å². The van der Waals surface area contributed by atoms with E-state index in [1.165, 1.54) is 11.8 Å². The highest BCUT2D eigenvalue weighted by Crippen LogP contribution is 2.19. The number of nitrogens with two attached hydrogens (primary N) is 1. The highest BCUT2D eigenvalue weighted by Gasteiger charge is 2.11. The minimum atomic E-state index is 0.295. The monoisotopic (exact) mass is 268 g/mol. The van der Waals surface area contributed by atoms with Crippen molar-refractivity contribution in [2.45, 2.75) is 37.3 Å². The predicted octanol–water partition coefficient (Wildman–Crippen LogP) is 0.0965. The van der Waals surface area contributed by atoms with Crippen molar-refractivity contribution in [1.82, 2.24) is 35.0 Å². The number of hydrogen-bond acceptors (Lipinski definition) is 7. The number of thioether (sulfide) groups is 1. The molecule has 0 spiro atoms. The number of aromatic nitrogens is 7. The van der Waals surface area contributed by atoms with Gasteiger partial charge in [-0.2, -0.15) is 5.10 Å². The number of nitrogens with zero attached hydrogens (tertiary/aromatic N) is 7. The zero-order chi connectivity index (χ0) is 13.0. The summed E-state index contributed by atoms with van der Waals surface area (Å²) in [4.78, 5) is 4.24. The summed E-state index contributed by atoms with van der Waals surface area (Å²) < 4.78 is 3.59. The summed E-state index contributed by atoms with van der Waals surface area (Å²) in [5, 5.41) is 16.4. The second kappa shape index (κ2) is 5.91. The maximum atomic E-state index is 5.49. The van der Waals surface area contributed by atoms with Crippen molar-refractivity contribution in [3.05, 3.63) is 12.2 Å². The van der Waals surface area contributed by atoms with E-state index in [1.807, 2.05) is 4.68 Å². The van der Waals surface area contributed by atoms with Gasteiger partial charge in [-0.15, -0.1) is 5.10 Å². The average molecular weight is 268 g/mol. The van der Waals surface area contributed by atoms with Gasteiger partial charge < -0.3 is 5.73 Å². The van der Waals surface area contributed by atoms with E-state index < -0.39 is 0 Å². The molecule has 2 heterocycles. The van der Waals surface area contributed by atoms with Gasteiger partial charge >= 0.3 is 0 Å². The lowest BCUT2D eigenvalue weighted by molar-refractivity contribution is 0.514. The lowest BCUT2D eigenvalue weighted by Gasteiger charge is -2.08. The van der Waals surface area contributed by atoms with Crippen molar-refractivity contribution in [3.63, 3.8) is 0 Å². The fourth-order valence-electron chi connectivity index (χ4n) is 1.50. The van der Waals surface area contributed by atoms with E-state index in [0.717, 1.165) is 11.0 Å². The molecule has 0 saturated heterocycles. The smallest absolute Gasteiger partial charge is 0.209 e. The Morgan fingerprint density at radius 3 is 3.00 bits per heavy atom. The molecule has 2 rings (SSSR count). The van der Waals surface area contributed by atoms with Crippen molar-refractivity contribution < 1.29 is 0 Å². The van der Waals surface area contributed by atoms with Gasteiger partial charge in [-0.1, -0.05) is 11.8 Å². The van der Waals surface area contributed by atoms with E-state index >= 15 is 0 Å². The Labute approximate surface area is 109 Å². The van der Waals surface area contributed by atoms with Crippen LogP contribution in [-0.2, 0) is 12.3 Å². The molecule has 0 radical (unpaired) electrons. The lowest BCUT2D eigenvalue weighted by atomic mass is 10.4. The van der Waals surface area contributed by atoms with Gasteiger partial charge in [-0.05, 0) is 24.3 Å². The molecule has 0 aliphatic rings. The van der Waals surface area contributed by atoms with Crippen LogP contribution in [-0.4, -0.2) is 41.5 Å². The maximum absolute atomic E-state index is 5.49. The Bertz CT molecular complexity index is 490. The third-order valence-corrected chi connectivity index (χ3v) is 3.26. The summed E-state index contributed by atoms with van der Waals surface area (Å²) in [6.07, 6.45) is 1.57. The van der Waals surface area contributed by atoms with E-state index in [-0.39, 0.29) is 0 Å². The summed E-state index contributed by atoms with van der Waals surface area (Å²) in [6.45, 7) is 5.27. The molecule has 0 amide bonds. The maximum Gasteiger partial charge on any atom is 0.209 e. The average Bonchev–Trinajstić information content (AvgIpc) is 2.95. The van der Waals surface area contributed by atoms with E-state index in [4.69, 9.17) is 5.73 Å². The minimum Gasteiger partial charge on any atom is -0.329 e. The first-order valence-corrected chi connectivity index (χ1v) is 6.68. The molecule has 0 atom stereocenters. The summed E-state index contributed by atoms with van der Waals surface area (Å²) >= 11 is 1.53. The van der Waals surface area contributed by atoms with Gasteiger partial charge in [0.1, 0.15) is 12.2 Å². The predicted molar refractivity (Wildman–Crippen MR) is 66.8 cm³/mol. The molecular formula is C9H16N8S. The van der Waals surface area contributed by atoms with Crippen LogP contribution in [0.15, 0.2) is 11.5 Å². The van der Waals surface area contributed by atoms with Crippen molar-refractivity contribution in [2.24, 2.45) is 5.73 Å². The lowest BCUT2D eigenvalue weighted by Crippen LogP contribution is -2.12. The van der Waals surface area contributed by atoms with Gasteiger partial charge in [0.05, 0.1) is 12.3 Å². The first kappa shape index (κ1) is 13.0. The molecule has 98 valence electrons. The zero-order valence-corrected chi connectivity index (χ0v) is 11.2. The van der Waals surface area contributed by atoms with Crippen LogP contribution in [0.4, 0.5) is 0 Å². The van der Waals surface area contributed by atoms with Crippen LogP contribution >= 0.6 is 11.8 Å². The van der Waals surface area contributed by atoms with E-state index in [1.54, 1.807) is 11.0 Å². The minimum absolute atomic E-state index is 0.295. The second-order valence-electron chi connectivity index (χ2n) is 3.98. The molecule has 2 aromatic heterocycles. The molecule has 0 fully saturated rings. The van der Waals surface area contributed by atoms with E-state index in [2.05, 4.69) is 39.5 Å². The van der Waals surface area contributed by atoms with Gasteiger partial charge in [-0.3, -0.25) is 0 Å². The van der Waals surface area contributed by atoms with Gasteiger partial charge in [0.25, 0.3) is 0 Å². The second-order valence-corrected chi connectivity index (χ2v) is 4.92. The van der Waals surface area contributed by atoms with Crippen molar-refractivity contribution in [3.8, 4) is 0 Å². The molecule has 0 unspecified atom stereocenters. The molecule has 8 nitrogen and oxygen atoms in total. The summed E-state index contributed by atoms with van der Waals surface area (Å²) in [5.74, 6) is 1.60. The molecule has 0 saturated carbocycles. The number of hydrogen-bond donors (Lipinski definition) is 1. The Hall–Kier alpha value is -1.48. The van der Waals surface area contributed by atoms with Crippen molar-refractivity contribution in [1.29, 1.82) is 0 Å². The molecule has 2 aromatic rings. The van der Waals surface area contributed by atoms with Crippen LogP contribution in [0.3, 0.4) is 0 Å². The molecule has 0 aliphatic carbocycles. The van der Waals surface area contributed by atoms with Crippen LogP contribution < -0.4 is 5.73 Å². The van der Waals surface area contributed by atoms with Gasteiger partial charge in [0.2, 0.25) is 5.16 Å². The molecule has 0 bridgehead atoms. The van der Waals surface area contributed by atoms with Crippen LogP contribution in [0.5, 0.6) is 0 Å². The largest absolute Gasteiger partial charge is 0.329 e. The van der Waals surface area contributed by atoms with Crippen LogP contribution in [0, 0.1) is 0 Å². The molecular weight excluding hydrogens is 252 g/mol. The standard InChI is InChI=1S/C9H16N8S/c1-7(2)17-8(11-6-12-17)5-18-9-13-14-15-16(9)4-3-10/h6-7H,3-5,10H2,1-2H3. The molecule has 2 N–H and O–H groups in total. The Morgan fingerprint density at radius 1 is 1.44 bits per heavy atom. The first-order valence-electron chi connectivity index (χ1n) is 5.69. The van der Waals surface area contributed by atoms with Crippen LogP contribution in [0.1, 0.15) is 25.7 Å². The van der Waals surface area contributed by atoms with Crippen LogP contribution in [0.2, 0.25) is 0 Å². The highest BCUT2D eigenvalue weighted by atomic mass is 32.2. The fraction of sp³-hybridized carbons (Fsp3) is 0.667. The normalized spacial score (nSPS) is 11.3. The molecule has 0 aromatic carbocycles. The SMILES string of the molecule is CC(C)n1ncnc1CSc1nnnn1CCN. The number of rotatable bonds is 6. The fourth-order valence-corrected chi connectivity index (χ4v) is 2.34. The topological polar surface area (TPSA) is 100 Å². The summed E-state index contributed by atoms with van der Waals surface area (Å²) in [6, 6.07) is 0.295. The summed E-state index contributed by atoms with van der Waals surface area (Å²) in [7, 11) is 0. The third-order valence-electron chi connectivity index (χ3n) is 2.31. The Morgan fingerprint density at radius 2 is 2.28 bits per heavy atom. The zero-order valence-electron chi connectivity index (χ0n) is 10.4. The molecule has 9 heteroatoms. The summed E-state index contributed by atoms with van der Waals surface area (Å²) in [5.41, 5.74) is 5.49. The number of tetrazole rings is 1. The highest BCUT2D eigenvalue weighted by molar-refractivity contribution is 7.98. The van der Waals surface area contributed by atoms with E-state index in [9.17, 15) is 0 Å². The quantitative estimate of drug-likeness (QED) is 0.741. The first-order chi connectivity index (χ1) is 8.72. The molecule has 0 aliphatic heterocycles.